The molecule has 8 saturated heterocycles. The van der Waals surface area contributed by atoms with Crippen LogP contribution in [0.4, 0.5) is 0 Å². The van der Waals surface area contributed by atoms with Crippen LogP contribution in [0.3, 0.4) is 0 Å². The number of aliphatic hydroxyl groups excluding tert-OH is 2. The molecule has 12 unspecified atom stereocenters. The molecule has 0 aromatic rings. The molecule has 2 N–H and O–H groups in total. The minimum atomic E-state index is -0.495. The van der Waals surface area contributed by atoms with Crippen molar-refractivity contribution in [3.63, 3.8) is 0 Å². The molecule has 4 saturated carbocycles. The lowest BCUT2D eigenvalue weighted by Crippen LogP contribution is -2.53. The van der Waals surface area contributed by atoms with Crippen LogP contribution in [0.2, 0.25) is 0 Å². The summed E-state index contributed by atoms with van der Waals surface area (Å²) in [5.41, 5.74) is -1.06. The molecule has 8 bridgehead atoms. The summed E-state index contributed by atoms with van der Waals surface area (Å²) in [6.07, 6.45) is 29.6. The number of carbonyl (C=O) groups excluding carboxylic acids is 5. The zero-order valence-electron chi connectivity index (χ0n) is 51.2. The average molecular weight is 1160 g/mol. The maximum absolute atomic E-state index is 12.2. The lowest BCUT2D eigenvalue weighted by Gasteiger charge is -2.43. The van der Waals surface area contributed by atoms with Crippen LogP contribution in [0.25, 0.3) is 0 Å². The molecule has 0 aromatic carbocycles. The van der Waals surface area contributed by atoms with E-state index in [1.165, 1.54) is 13.3 Å². The van der Waals surface area contributed by atoms with E-state index in [-0.39, 0.29) is 103 Å². The minimum absolute atomic E-state index is 0.0283. The van der Waals surface area contributed by atoms with E-state index in [9.17, 15) is 34.2 Å². The monoisotopic (exact) mass is 1160 g/mol. The maximum atomic E-state index is 12.2. The van der Waals surface area contributed by atoms with Crippen LogP contribution < -0.4 is 0 Å². The van der Waals surface area contributed by atoms with E-state index in [0.717, 1.165) is 180 Å². The Balaban J connectivity index is 0.000000133. The van der Waals surface area contributed by atoms with Crippen molar-refractivity contribution in [2.24, 2.45) is 23.7 Å². The Hall–Kier alpha value is -3.93. The Bertz CT molecular complexity index is 2380. The highest BCUT2D eigenvalue weighted by Crippen LogP contribution is 2.61. The molecule has 0 aromatic heterocycles. The predicted octanol–water partition coefficient (Wildman–Crippen LogP) is 11.4. The molecule has 8 aliphatic heterocycles. The summed E-state index contributed by atoms with van der Waals surface area (Å²) in [5.74, 6) is -0.579. The Labute approximate surface area is 493 Å². The van der Waals surface area contributed by atoms with Crippen LogP contribution in [0, 0.1) is 23.7 Å². The Morgan fingerprint density at radius 1 is 0.446 bits per heavy atom. The van der Waals surface area contributed by atoms with Crippen molar-refractivity contribution in [2.45, 2.75) is 297 Å². The number of carbonyl (C=O) groups is 5. The van der Waals surface area contributed by atoms with E-state index in [1.54, 1.807) is 27.7 Å². The number of hydrogen-bond donors (Lipinski definition) is 2. The highest BCUT2D eigenvalue weighted by Gasteiger charge is 2.66. The summed E-state index contributed by atoms with van der Waals surface area (Å²) < 4.78 is 53.6. The fraction of sp³-hybridized carbons (Fsp3) is 0.806. The molecule has 12 fully saturated rings. The van der Waals surface area contributed by atoms with Gasteiger partial charge in [-0.3, -0.25) is 4.79 Å². The Morgan fingerprint density at radius 2 is 0.795 bits per heavy atom. The SMILES string of the molecule is C=C(C)C(=O)OC1(C2CC3(CC)CCC2O3)CCCC1.C=C(C)C(=O)OC1(C2CC3(CO)CCC2O3)CCCC1.C=C(C)C(=O)OC1(C2CC3CCC2(CO)O3)CCCC1.C=C(C)C(=O)OC1(C2CC3CCC2(COC(C)=O)O3)CCCC1. The molecule has 0 radical (unpaired) electrons. The molecule has 16 heteroatoms. The summed E-state index contributed by atoms with van der Waals surface area (Å²) >= 11 is 0. The molecular weight excluding hydrogens is 1060 g/mol. The largest absolute Gasteiger partial charge is 0.463 e. The van der Waals surface area contributed by atoms with Crippen molar-refractivity contribution in [3.8, 4) is 0 Å². The van der Waals surface area contributed by atoms with Crippen molar-refractivity contribution in [1.82, 2.24) is 0 Å². The third-order valence-corrected chi connectivity index (χ3v) is 22.2. The summed E-state index contributed by atoms with van der Waals surface area (Å²) in [4.78, 5) is 59.6. The predicted molar refractivity (Wildman–Crippen MR) is 309 cm³/mol. The normalized spacial score (nSPS) is 37.1. The fourth-order valence-corrected chi connectivity index (χ4v) is 17.9. The van der Waals surface area contributed by atoms with Gasteiger partial charge in [0.25, 0.3) is 0 Å². The lowest BCUT2D eigenvalue weighted by molar-refractivity contribution is -0.178. The first-order valence-electron chi connectivity index (χ1n) is 32.0. The average Bonchev–Trinajstić information content (AvgIpc) is 2.17. The van der Waals surface area contributed by atoms with E-state index in [0.29, 0.717) is 34.3 Å². The summed E-state index contributed by atoms with van der Waals surface area (Å²) in [5, 5.41) is 19.5. The first-order chi connectivity index (χ1) is 39.4. The van der Waals surface area contributed by atoms with Crippen molar-refractivity contribution in [1.29, 1.82) is 0 Å². The molecule has 464 valence electrons. The second kappa shape index (κ2) is 25.0. The van der Waals surface area contributed by atoms with Gasteiger partial charge in [0.05, 0.1) is 54.4 Å². The van der Waals surface area contributed by atoms with E-state index < -0.39 is 28.0 Å². The van der Waals surface area contributed by atoms with Crippen LogP contribution in [0.1, 0.15) is 228 Å². The van der Waals surface area contributed by atoms with Gasteiger partial charge >= 0.3 is 29.8 Å². The van der Waals surface area contributed by atoms with Crippen LogP contribution in [0.15, 0.2) is 48.6 Å². The quantitative estimate of drug-likeness (QED) is 0.0788. The van der Waals surface area contributed by atoms with Gasteiger partial charge in [-0.1, -0.05) is 33.2 Å². The topological polar surface area (TPSA) is 209 Å². The van der Waals surface area contributed by atoms with Gasteiger partial charge in [0.15, 0.2) is 0 Å². The summed E-state index contributed by atoms with van der Waals surface area (Å²) in [7, 11) is 0. The number of aliphatic hydroxyl groups is 2. The van der Waals surface area contributed by atoms with Gasteiger partial charge < -0.3 is 52.8 Å². The molecule has 12 atom stereocenters. The molecule has 8 heterocycles. The molecule has 4 aliphatic carbocycles. The minimum Gasteiger partial charge on any atom is -0.463 e. The Kier molecular flexibility index (Phi) is 19.2. The van der Waals surface area contributed by atoms with Crippen molar-refractivity contribution < 1.29 is 76.8 Å². The number of fused-ring (bicyclic) bond motifs is 8. The van der Waals surface area contributed by atoms with E-state index in [2.05, 4.69) is 33.2 Å². The first kappa shape index (κ1) is 63.6. The van der Waals surface area contributed by atoms with Crippen LogP contribution in [0.5, 0.6) is 0 Å². The number of esters is 5. The molecular formula is C67H100O16. The van der Waals surface area contributed by atoms with Crippen LogP contribution >= 0.6 is 0 Å². The summed E-state index contributed by atoms with van der Waals surface area (Å²) in [6, 6.07) is 0. The highest BCUT2D eigenvalue weighted by atomic mass is 16.6. The van der Waals surface area contributed by atoms with E-state index in [1.807, 2.05) is 0 Å². The molecule has 12 rings (SSSR count). The second-order valence-corrected chi connectivity index (χ2v) is 27.9. The fourth-order valence-electron chi connectivity index (χ4n) is 17.9. The highest BCUT2D eigenvalue weighted by molar-refractivity contribution is 5.88. The standard InChI is InChI=1S/C18H26O5.C17H26O3.2C16H24O4/c1-12(2)16(20)23-17(7-4-5-8-17)15-10-14-6-9-18(15,22-14)11-21-13(3)19;1-4-16-10-7-14(19-16)13(11-16)17(8-5-6-9-17)20-15(18)12(2)3;1-11(2)14(18)20-16(6-3-4-7-16)12-9-15(10-17)8-5-13(12)19-15;1-11(2)14(18)20-15(6-3-4-7-15)13-9-12-5-8-16(13,10-17)19-12/h14-15H,1,4-11H2,2-3H3;13-14H,2,4-11H2,1,3H3;2*12-13,17H,1,3-10H2,2H3. The summed E-state index contributed by atoms with van der Waals surface area (Å²) in [6.45, 7) is 25.6. The van der Waals surface area contributed by atoms with Crippen molar-refractivity contribution >= 4 is 29.8 Å². The van der Waals surface area contributed by atoms with Crippen molar-refractivity contribution in [2.75, 3.05) is 19.8 Å². The molecule has 16 nitrogen and oxygen atoms in total. The first-order valence-corrected chi connectivity index (χ1v) is 32.0. The maximum Gasteiger partial charge on any atom is 0.333 e. The molecule has 0 amide bonds. The Morgan fingerprint density at radius 3 is 1.13 bits per heavy atom. The third kappa shape index (κ3) is 12.6. The molecule has 0 spiro atoms. The van der Waals surface area contributed by atoms with Gasteiger partial charge in [-0.15, -0.1) is 0 Å². The van der Waals surface area contributed by atoms with Gasteiger partial charge in [0.2, 0.25) is 0 Å². The number of hydrogen-bond acceptors (Lipinski definition) is 16. The molecule has 83 heavy (non-hydrogen) atoms. The van der Waals surface area contributed by atoms with Gasteiger partial charge in [0, 0.05) is 52.9 Å². The third-order valence-electron chi connectivity index (χ3n) is 22.2. The van der Waals surface area contributed by atoms with Gasteiger partial charge in [-0.25, -0.2) is 19.2 Å². The van der Waals surface area contributed by atoms with Gasteiger partial charge in [-0.2, -0.15) is 0 Å². The van der Waals surface area contributed by atoms with Crippen LogP contribution in [-0.4, -0.2) is 129 Å². The second-order valence-electron chi connectivity index (χ2n) is 27.9. The number of ether oxygens (including phenoxy) is 9. The van der Waals surface area contributed by atoms with Crippen LogP contribution in [-0.2, 0) is 66.6 Å². The lowest BCUT2D eigenvalue weighted by atomic mass is 9.68. The molecule has 12 aliphatic rings. The smallest absolute Gasteiger partial charge is 0.333 e. The number of rotatable bonds is 17. The van der Waals surface area contributed by atoms with E-state index in [4.69, 9.17) is 42.6 Å². The van der Waals surface area contributed by atoms with Gasteiger partial charge in [0.1, 0.15) is 34.6 Å². The zero-order valence-corrected chi connectivity index (χ0v) is 51.2. The van der Waals surface area contributed by atoms with E-state index >= 15 is 0 Å². The van der Waals surface area contributed by atoms with Crippen molar-refractivity contribution in [3.05, 3.63) is 48.6 Å². The van der Waals surface area contributed by atoms with Gasteiger partial charge in [-0.05, 0) is 214 Å². The zero-order chi connectivity index (χ0) is 59.8.